The molecule has 0 saturated heterocycles. The van der Waals surface area contributed by atoms with Crippen molar-refractivity contribution in [1.29, 1.82) is 0 Å². The normalized spacial score (nSPS) is 12.6. The minimum Gasteiger partial charge on any atom is -0.306 e. The Morgan fingerprint density at radius 3 is 2.68 bits per heavy atom. The largest absolute Gasteiger partial charge is 0.306 e. The number of nitrogens with one attached hydrogen (secondary N) is 1. The molecule has 1 unspecified atom stereocenters. The number of benzene rings is 1. The van der Waals surface area contributed by atoms with Crippen molar-refractivity contribution in [1.82, 2.24) is 5.32 Å². The van der Waals surface area contributed by atoms with Crippen LogP contribution in [0, 0.1) is 13.8 Å². The van der Waals surface area contributed by atoms with Crippen LogP contribution in [0.2, 0.25) is 0 Å². The summed E-state index contributed by atoms with van der Waals surface area (Å²) >= 11 is 5.31. The quantitative estimate of drug-likeness (QED) is 0.788. The molecule has 0 amide bonds. The topological polar surface area (TPSA) is 12.0 Å². The lowest BCUT2D eigenvalue weighted by Crippen LogP contribution is -2.23. The third-order valence-corrected chi connectivity index (χ3v) is 4.79. The molecule has 1 aromatic carbocycles. The second kappa shape index (κ2) is 6.69. The van der Waals surface area contributed by atoms with Crippen LogP contribution in [-0.4, -0.2) is 6.54 Å². The highest BCUT2D eigenvalue weighted by Crippen LogP contribution is 2.31. The van der Waals surface area contributed by atoms with Gasteiger partial charge in [-0.25, -0.2) is 0 Å². The first-order valence-electron chi connectivity index (χ1n) is 6.66. The van der Waals surface area contributed by atoms with E-state index < -0.39 is 0 Å². The first-order valence-corrected chi connectivity index (χ1v) is 8.33. The smallest absolute Gasteiger partial charge is 0.0701 e. The molecule has 0 aliphatic rings. The molecule has 1 aromatic heterocycles. The van der Waals surface area contributed by atoms with E-state index in [0.29, 0.717) is 6.04 Å². The van der Waals surface area contributed by atoms with E-state index in [1.54, 1.807) is 11.3 Å². The Labute approximate surface area is 128 Å². The Hall–Kier alpha value is -0.640. The van der Waals surface area contributed by atoms with Crippen LogP contribution >= 0.6 is 27.3 Å². The summed E-state index contributed by atoms with van der Waals surface area (Å²) in [6.07, 6.45) is 1.15. The van der Waals surface area contributed by atoms with Gasteiger partial charge in [0.05, 0.1) is 9.83 Å². The van der Waals surface area contributed by atoms with E-state index in [9.17, 15) is 0 Å². The summed E-state index contributed by atoms with van der Waals surface area (Å²) < 4.78 is 1.19. The van der Waals surface area contributed by atoms with E-state index >= 15 is 0 Å². The van der Waals surface area contributed by atoms with Crippen molar-refractivity contribution in [2.24, 2.45) is 0 Å². The van der Waals surface area contributed by atoms with Crippen molar-refractivity contribution in [3.05, 3.63) is 55.7 Å². The Bertz CT molecular complexity index is 547. The van der Waals surface area contributed by atoms with E-state index in [-0.39, 0.29) is 0 Å². The Kier molecular flexibility index (Phi) is 5.20. The number of halogens is 1. The molecule has 1 atom stereocenters. The van der Waals surface area contributed by atoms with Crippen LogP contribution in [0.3, 0.4) is 0 Å². The minimum absolute atomic E-state index is 0.294. The predicted octanol–water partition coefficient (Wildman–Crippen LogP) is 5.22. The molecule has 2 rings (SSSR count). The van der Waals surface area contributed by atoms with Gasteiger partial charge in [-0.2, -0.15) is 0 Å². The van der Waals surface area contributed by atoms with Crippen molar-refractivity contribution in [3.63, 3.8) is 0 Å². The maximum atomic E-state index is 3.67. The SMILES string of the molecule is CCCNC(c1csc(Br)c1)c1cc(C)ccc1C. The van der Waals surface area contributed by atoms with Gasteiger partial charge in [-0.1, -0.05) is 30.7 Å². The van der Waals surface area contributed by atoms with Gasteiger partial charge in [-0.15, -0.1) is 11.3 Å². The van der Waals surface area contributed by atoms with E-state index in [1.807, 2.05) is 0 Å². The Morgan fingerprint density at radius 1 is 1.26 bits per heavy atom. The molecule has 1 heterocycles. The molecule has 0 bridgehead atoms. The summed E-state index contributed by atoms with van der Waals surface area (Å²) in [5, 5.41) is 5.90. The fourth-order valence-corrected chi connectivity index (χ4v) is 3.44. The highest BCUT2D eigenvalue weighted by Gasteiger charge is 2.16. The van der Waals surface area contributed by atoms with Gasteiger partial charge in [0, 0.05) is 0 Å². The lowest BCUT2D eigenvalue weighted by Gasteiger charge is -2.20. The summed E-state index contributed by atoms with van der Waals surface area (Å²) in [5.41, 5.74) is 5.40. The number of hydrogen-bond acceptors (Lipinski definition) is 2. The van der Waals surface area contributed by atoms with E-state index in [0.717, 1.165) is 13.0 Å². The molecule has 0 radical (unpaired) electrons. The number of hydrogen-bond donors (Lipinski definition) is 1. The monoisotopic (exact) mass is 337 g/mol. The van der Waals surface area contributed by atoms with Crippen molar-refractivity contribution in [3.8, 4) is 0 Å². The minimum atomic E-state index is 0.294. The van der Waals surface area contributed by atoms with Crippen LogP contribution in [0.25, 0.3) is 0 Å². The molecule has 102 valence electrons. The molecule has 0 fully saturated rings. The third-order valence-electron chi connectivity index (χ3n) is 3.27. The van der Waals surface area contributed by atoms with Gasteiger partial charge in [0.15, 0.2) is 0 Å². The molecule has 0 saturated carbocycles. The average Bonchev–Trinajstić information content (AvgIpc) is 2.80. The number of thiophene rings is 1. The Morgan fingerprint density at radius 2 is 2.05 bits per heavy atom. The van der Waals surface area contributed by atoms with Crippen LogP contribution in [0.1, 0.15) is 41.6 Å². The van der Waals surface area contributed by atoms with E-state index in [2.05, 4.69) is 71.7 Å². The second-order valence-electron chi connectivity index (χ2n) is 4.93. The first-order chi connectivity index (χ1) is 9.11. The summed E-state index contributed by atoms with van der Waals surface area (Å²) in [6.45, 7) is 7.59. The van der Waals surface area contributed by atoms with Crippen molar-refractivity contribution in [2.75, 3.05) is 6.54 Å². The fourth-order valence-electron chi connectivity index (χ4n) is 2.24. The molecule has 0 spiro atoms. The van der Waals surface area contributed by atoms with Crippen LogP contribution in [-0.2, 0) is 0 Å². The molecule has 0 aliphatic carbocycles. The maximum Gasteiger partial charge on any atom is 0.0701 e. The van der Waals surface area contributed by atoms with Gasteiger partial charge in [0.1, 0.15) is 0 Å². The van der Waals surface area contributed by atoms with E-state index in [1.165, 1.54) is 26.0 Å². The second-order valence-corrected chi connectivity index (χ2v) is 7.22. The summed E-state index contributed by atoms with van der Waals surface area (Å²) in [4.78, 5) is 0. The van der Waals surface area contributed by atoms with Gasteiger partial charge in [0.2, 0.25) is 0 Å². The molecule has 3 heteroatoms. The summed E-state index contributed by atoms with van der Waals surface area (Å²) in [6, 6.07) is 9.21. The standard InChI is InChI=1S/C16H20BrNS/c1-4-7-18-16(13-9-15(17)19-10-13)14-8-11(2)5-6-12(14)3/h5-6,8-10,16,18H,4,7H2,1-3H3. The molecule has 2 aromatic rings. The predicted molar refractivity (Wildman–Crippen MR) is 88.1 cm³/mol. The summed E-state index contributed by atoms with van der Waals surface area (Å²) in [5.74, 6) is 0. The molecule has 0 aliphatic heterocycles. The molecular formula is C16H20BrNS. The molecule has 1 nitrogen and oxygen atoms in total. The van der Waals surface area contributed by atoms with Crippen LogP contribution < -0.4 is 5.32 Å². The Balaban J connectivity index is 2.39. The van der Waals surface area contributed by atoms with Crippen LogP contribution in [0.15, 0.2) is 33.4 Å². The number of aryl methyl sites for hydroxylation is 2. The third kappa shape index (κ3) is 3.68. The average molecular weight is 338 g/mol. The van der Waals surface area contributed by atoms with Crippen molar-refractivity contribution in [2.45, 2.75) is 33.2 Å². The van der Waals surface area contributed by atoms with E-state index in [4.69, 9.17) is 0 Å². The highest BCUT2D eigenvalue weighted by molar-refractivity contribution is 9.11. The number of rotatable bonds is 5. The zero-order valence-corrected chi connectivity index (χ0v) is 14.1. The van der Waals surface area contributed by atoms with Gasteiger partial charge in [-0.05, 0) is 70.9 Å². The van der Waals surface area contributed by atoms with Crippen molar-refractivity contribution >= 4 is 27.3 Å². The molecule has 19 heavy (non-hydrogen) atoms. The first kappa shape index (κ1) is 14.8. The van der Waals surface area contributed by atoms with Gasteiger partial charge >= 0.3 is 0 Å². The van der Waals surface area contributed by atoms with Gasteiger partial charge < -0.3 is 5.32 Å². The lowest BCUT2D eigenvalue weighted by atomic mass is 9.95. The zero-order valence-electron chi connectivity index (χ0n) is 11.7. The highest BCUT2D eigenvalue weighted by atomic mass is 79.9. The van der Waals surface area contributed by atoms with Crippen LogP contribution in [0.4, 0.5) is 0 Å². The lowest BCUT2D eigenvalue weighted by molar-refractivity contribution is 0.597. The van der Waals surface area contributed by atoms with Crippen molar-refractivity contribution < 1.29 is 0 Å². The summed E-state index contributed by atoms with van der Waals surface area (Å²) in [7, 11) is 0. The van der Waals surface area contributed by atoms with Crippen LogP contribution in [0.5, 0.6) is 0 Å². The fraction of sp³-hybridized carbons (Fsp3) is 0.375. The van der Waals surface area contributed by atoms with Gasteiger partial charge in [-0.3, -0.25) is 0 Å². The molecule has 1 N–H and O–H groups in total. The zero-order chi connectivity index (χ0) is 13.8. The van der Waals surface area contributed by atoms with Gasteiger partial charge in [0.25, 0.3) is 0 Å². The molecular weight excluding hydrogens is 318 g/mol. The maximum absolute atomic E-state index is 3.67.